The highest BCUT2D eigenvalue weighted by Crippen LogP contribution is 2.13. The number of aliphatic carboxylic acids is 1. The number of sulfone groups is 1. The van der Waals surface area contributed by atoms with E-state index in [9.17, 15) is 13.2 Å². The van der Waals surface area contributed by atoms with Gasteiger partial charge in [-0.25, -0.2) is 8.42 Å². The third kappa shape index (κ3) is 15.2. The molecule has 0 bridgehead atoms. The second-order valence-electron chi connectivity index (χ2n) is 7.03. The number of carboxylic acids is 1. The minimum Gasteiger partial charge on any atom is -0.480 e. The maximum Gasteiger partial charge on any atom is 0.321 e. The molecule has 0 saturated carbocycles. The van der Waals surface area contributed by atoms with Crippen LogP contribution in [0.15, 0.2) is 12.2 Å². The van der Waals surface area contributed by atoms with Gasteiger partial charge in [-0.15, -0.1) is 0 Å². The van der Waals surface area contributed by atoms with Crippen molar-refractivity contribution in [2.24, 2.45) is 0 Å². The Morgan fingerprint density at radius 3 is 1.72 bits per heavy atom. The van der Waals surface area contributed by atoms with Crippen molar-refractivity contribution in [1.82, 2.24) is 0 Å². The predicted octanol–water partition coefficient (Wildman–Crippen LogP) is 5.52. The van der Waals surface area contributed by atoms with E-state index in [4.69, 9.17) is 5.11 Å². The largest absolute Gasteiger partial charge is 0.480 e. The molecule has 25 heavy (non-hydrogen) atoms. The summed E-state index contributed by atoms with van der Waals surface area (Å²) in [5.74, 6) is -1.23. The molecular weight excluding hydrogens is 336 g/mol. The molecule has 0 spiro atoms. The highest BCUT2D eigenvalue weighted by atomic mass is 32.2. The SMILES string of the molecule is CCCCCCCCC/C=C/CCCCCCC(C(=O)O)S(C)(=O)=O. The Labute approximate surface area is 155 Å². The third-order valence-corrected chi connectivity index (χ3v) is 5.99. The molecule has 0 saturated heterocycles. The van der Waals surface area contributed by atoms with Gasteiger partial charge in [-0.2, -0.15) is 0 Å². The molecule has 0 aromatic rings. The molecule has 0 fully saturated rings. The molecule has 1 atom stereocenters. The van der Waals surface area contributed by atoms with Gasteiger partial charge in [0.1, 0.15) is 0 Å². The maximum atomic E-state index is 11.4. The fourth-order valence-electron chi connectivity index (χ4n) is 2.92. The van der Waals surface area contributed by atoms with E-state index in [2.05, 4.69) is 19.1 Å². The first kappa shape index (κ1) is 24.2. The van der Waals surface area contributed by atoms with Gasteiger partial charge in [-0.3, -0.25) is 4.79 Å². The lowest BCUT2D eigenvalue weighted by atomic mass is 10.1. The van der Waals surface area contributed by atoms with E-state index in [-0.39, 0.29) is 6.42 Å². The van der Waals surface area contributed by atoms with Gasteiger partial charge in [-0.05, 0) is 32.1 Å². The summed E-state index contributed by atoms with van der Waals surface area (Å²) >= 11 is 0. The molecule has 148 valence electrons. The molecule has 0 aromatic carbocycles. The second-order valence-corrected chi connectivity index (χ2v) is 9.26. The smallest absolute Gasteiger partial charge is 0.321 e. The van der Waals surface area contributed by atoms with Crippen LogP contribution in [-0.2, 0) is 14.6 Å². The van der Waals surface area contributed by atoms with Crippen molar-refractivity contribution in [2.75, 3.05) is 6.26 Å². The van der Waals surface area contributed by atoms with E-state index in [0.29, 0.717) is 6.42 Å². The molecule has 4 nitrogen and oxygen atoms in total. The number of carbonyl (C=O) groups is 1. The fourth-order valence-corrected chi connectivity index (χ4v) is 3.88. The Bertz CT molecular complexity index is 454. The number of allylic oxidation sites excluding steroid dienone is 2. The van der Waals surface area contributed by atoms with Crippen LogP contribution in [0.25, 0.3) is 0 Å². The van der Waals surface area contributed by atoms with Crippen LogP contribution in [0.1, 0.15) is 96.8 Å². The van der Waals surface area contributed by atoms with Gasteiger partial charge in [0.05, 0.1) is 0 Å². The van der Waals surface area contributed by atoms with Crippen molar-refractivity contribution in [3.05, 3.63) is 12.2 Å². The van der Waals surface area contributed by atoms with Crippen LogP contribution in [0.2, 0.25) is 0 Å². The highest BCUT2D eigenvalue weighted by molar-refractivity contribution is 7.92. The molecule has 0 aliphatic heterocycles. The summed E-state index contributed by atoms with van der Waals surface area (Å²) < 4.78 is 22.7. The first-order chi connectivity index (χ1) is 11.9. The van der Waals surface area contributed by atoms with Crippen LogP contribution in [-0.4, -0.2) is 31.0 Å². The Kier molecular flexibility index (Phi) is 14.9. The number of hydrogen-bond donors (Lipinski definition) is 1. The Morgan fingerprint density at radius 2 is 1.28 bits per heavy atom. The predicted molar refractivity (Wildman–Crippen MR) is 106 cm³/mol. The molecule has 0 heterocycles. The van der Waals surface area contributed by atoms with Crippen LogP contribution >= 0.6 is 0 Å². The summed E-state index contributed by atoms with van der Waals surface area (Å²) in [4.78, 5) is 10.9. The third-order valence-electron chi connectivity index (χ3n) is 4.52. The van der Waals surface area contributed by atoms with Gasteiger partial charge in [0.2, 0.25) is 0 Å². The Balaban J connectivity index is 3.47. The minimum absolute atomic E-state index is 0.224. The number of hydrogen-bond acceptors (Lipinski definition) is 3. The number of carboxylic acid groups (broad SMARTS) is 1. The van der Waals surface area contributed by atoms with E-state index >= 15 is 0 Å². The maximum absolute atomic E-state index is 11.4. The van der Waals surface area contributed by atoms with Gasteiger partial charge in [0.25, 0.3) is 0 Å². The number of rotatable bonds is 17. The second kappa shape index (κ2) is 15.4. The number of unbranched alkanes of at least 4 members (excludes halogenated alkanes) is 11. The Hall–Kier alpha value is -0.840. The van der Waals surface area contributed by atoms with Gasteiger partial charge < -0.3 is 5.11 Å². The molecule has 1 N–H and O–H groups in total. The van der Waals surface area contributed by atoms with E-state index < -0.39 is 21.1 Å². The molecule has 0 radical (unpaired) electrons. The summed E-state index contributed by atoms with van der Waals surface area (Å²) in [7, 11) is -3.49. The summed E-state index contributed by atoms with van der Waals surface area (Å²) in [5.41, 5.74) is 0. The fraction of sp³-hybridized carbons (Fsp3) is 0.850. The van der Waals surface area contributed by atoms with Crippen LogP contribution in [0.5, 0.6) is 0 Å². The lowest BCUT2D eigenvalue weighted by molar-refractivity contribution is -0.136. The first-order valence-corrected chi connectivity index (χ1v) is 11.9. The van der Waals surface area contributed by atoms with Gasteiger partial charge in [0, 0.05) is 6.26 Å². The van der Waals surface area contributed by atoms with Crippen LogP contribution in [0, 0.1) is 0 Å². The molecule has 0 aliphatic carbocycles. The summed E-state index contributed by atoms with van der Waals surface area (Å²) in [5, 5.41) is 7.69. The van der Waals surface area contributed by atoms with Crippen molar-refractivity contribution in [3.63, 3.8) is 0 Å². The lowest BCUT2D eigenvalue weighted by Gasteiger charge is -2.09. The molecule has 5 heteroatoms. The lowest BCUT2D eigenvalue weighted by Crippen LogP contribution is -2.29. The molecule has 0 aromatic heterocycles. The monoisotopic (exact) mass is 374 g/mol. The van der Waals surface area contributed by atoms with Crippen molar-refractivity contribution in [3.8, 4) is 0 Å². The first-order valence-electron chi connectivity index (χ1n) is 9.96. The van der Waals surface area contributed by atoms with Crippen molar-refractivity contribution < 1.29 is 18.3 Å². The zero-order valence-corrected chi connectivity index (χ0v) is 17.0. The zero-order chi connectivity index (χ0) is 19.0. The average Bonchev–Trinajstić information content (AvgIpc) is 2.53. The molecular formula is C20H38O4S. The summed E-state index contributed by atoms with van der Waals surface area (Å²) in [6.45, 7) is 2.24. The standard InChI is InChI=1S/C20H38O4S/c1-3-4-5-6-7-8-9-10-11-12-13-14-15-16-17-18-19(20(21)22)25(2,23)24/h11-12,19H,3-10,13-18H2,1-2H3,(H,21,22)/b12-11+. The summed E-state index contributed by atoms with van der Waals surface area (Å²) in [6.07, 6.45) is 21.0. The molecule has 1 unspecified atom stereocenters. The minimum atomic E-state index is -3.49. The van der Waals surface area contributed by atoms with Crippen molar-refractivity contribution in [1.29, 1.82) is 0 Å². The van der Waals surface area contributed by atoms with E-state index in [1.165, 1.54) is 51.4 Å². The van der Waals surface area contributed by atoms with Crippen LogP contribution in [0.4, 0.5) is 0 Å². The molecule has 0 rings (SSSR count). The Morgan fingerprint density at radius 1 is 0.840 bits per heavy atom. The van der Waals surface area contributed by atoms with E-state index in [0.717, 1.165) is 31.9 Å². The van der Waals surface area contributed by atoms with E-state index in [1.807, 2.05) is 0 Å². The molecule has 0 aliphatic rings. The van der Waals surface area contributed by atoms with Crippen molar-refractivity contribution in [2.45, 2.75) is 102 Å². The molecule has 0 amide bonds. The quantitative estimate of drug-likeness (QED) is 0.269. The van der Waals surface area contributed by atoms with Gasteiger partial charge in [-0.1, -0.05) is 76.9 Å². The normalized spacial score (nSPS) is 13.4. The van der Waals surface area contributed by atoms with Crippen molar-refractivity contribution >= 4 is 15.8 Å². The van der Waals surface area contributed by atoms with Gasteiger partial charge >= 0.3 is 5.97 Å². The zero-order valence-electron chi connectivity index (χ0n) is 16.2. The van der Waals surface area contributed by atoms with Gasteiger partial charge in [0.15, 0.2) is 15.1 Å². The van der Waals surface area contributed by atoms with Crippen LogP contribution in [0.3, 0.4) is 0 Å². The topological polar surface area (TPSA) is 71.4 Å². The average molecular weight is 375 g/mol. The van der Waals surface area contributed by atoms with Crippen LogP contribution < -0.4 is 0 Å². The van der Waals surface area contributed by atoms with E-state index in [1.54, 1.807) is 0 Å². The summed E-state index contributed by atoms with van der Waals surface area (Å²) in [6, 6.07) is 0. The highest BCUT2D eigenvalue weighted by Gasteiger charge is 2.27.